The largest absolute Gasteiger partial charge is 0.458 e. The number of esters is 1. The summed E-state index contributed by atoms with van der Waals surface area (Å²) in [5.74, 6) is -0.961. The summed E-state index contributed by atoms with van der Waals surface area (Å²) in [6, 6.07) is 0. The van der Waals surface area contributed by atoms with Gasteiger partial charge in [0, 0.05) is 6.54 Å². The van der Waals surface area contributed by atoms with Crippen LogP contribution in [0.1, 0.15) is 6.42 Å². The van der Waals surface area contributed by atoms with Gasteiger partial charge in [0.1, 0.15) is 0 Å². The predicted octanol–water partition coefficient (Wildman–Crippen LogP) is -0.0381. The molecular formula is C7H13F2NO5S. The Bertz CT molecular complexity index is 341. The Balaban J connectivity index is 4.11. The average molecular weight is 261 g/mol. The first-order valence-electron chi connectivity index (χ1n) is 4.21. The number of rotatable bonds is 6. The van der Waals surface area contributed by atoms with E-state index in [0.29, 0.717) is 0 Å². The highest BCUT2D eigenvalue weighted by molar-refractivity contribution is 7.86. The van der Waals surface area contributed by atoms with Crippen molar-refractivity contribution < 1.29 is 31.3 Å². The molecule has 0 fully saturated rings. The minimum Gasteiger partial charge on any atom is -0.458 e. The number of halogens is 2. The third-order valence-corrected chi connectivity index (χ3v) is 2.41. The quantitative estimate of drug-likeness (QED) is 0.533. The molecule has 0 heterocycles. The van der Waals surface area contributed by atoms with E-state index < -0.39 is 27.9 Å². The Morgan fingerprint density at radius 1 is 1.44 bits per heavy atom. The second kappa shape index (κ2) is 5.51. The summed E-state index contributed by atoms with van der Waals surface area (Å²) in [5.41, 5.74) is 0. The minimum atomic E-state index is -5.55. The lowest BCUT2D eigenvalue weighted by Gasteiger charge is -2.13. The maximum atomic E-state index is 12.6. The van der Waals surface area contributed by atoms with Gasteiger partial charge in [0.25, 0.3) is 0 Å². The second-order valence-corrected chi connectivity index (χ2v) is 4.87. The van der Waals surface area contributed by atoms with Gasteiger partial charge in [0.2, 0.25) is 0 Å². The van der Waals surface area contributed by atoms with Crippen molar-refractivity contribution in [1.29, 1.82) is 0 Å². The Hall–Kier alpha value is -0.800. The van der Waals surface area contributed by atoms with E-state index in [2.05, 4.69) is 4.74 Å². The Morgan fingerprint density at radius 2 is 1.94 bits per heavy atom. The van der Waals surface area contributed by atoms with E-state index in [1.54, 1.807) is 19.0 Å². The van der Waals surface area contributed by atoms with Crippen LogP contribution in [0.5, 0.6) is 0 Å². The van der Waals surface area contributed by atoms with Gasteiger partial charge < -0.3 is 9.64 Å². The van der Waals surface area contributed by atoms with Gasteiger partial charge >= 0.3 is 21.3 Å². The topological polar surface area (TPSA) is 83.9 Å². The van der Waals surface area contributed by atoms with Gasteiger partial charge in [-0.3, -0.25) is 9.35 Å². The zero-order valence-electron chi connectivity index (χ0n) is 8.81. The highest BCUT2D eigenvalue weighted by Gasteiger charge is 2.45. The van der Waals surface area contributed by atoms with Crippen molar-refractivity contribution in [2.24, 2.45) is 0 Å². The molecule has 9 heteroatoms. The summed E-state index contributed by atoms with van der Waals surface area (Å²) < 4.78 is 57.5. The molecule has 0 aromatic carbocycles. The van der Waals surface area contributed by atoms with Crippen LogP contribution in [0.15, 0.2) is 0 Å². The normalized spacial score (nSPS) is 12.9. The van der Waals surface area contributed by atoms with Crippen molar-refractivity contribution in [2.45, 2.75) is 11.7 Å². The molecule has 16 heavy (non-hydrogen) atoms. The van der Waals surface area contributed by atoms with Gasteiger partial charge in [-0.2, -0.15) is 17.2 Å². The molecule has 0 aromatic rings. The van der Waals surface area contributed by atoms with Gasteiger partial charge in [0.15, 0.2) is 6.61 Å². The number of hydrogen-bond donors (Lipinski definition) is 1. The van der Waals surface area contributed by atoms with Crippen molar-refractivity contribution in [1.82, 2.24) is 4.90 Å². The van der Waals surface area contributed by atoms with E-state index in [1.807, 2.05) is 0 Å². The van der Waals surface area contributed by atoms with Gasteiger partial charge in [-0.25, -0.2) is 0 Å². The molecule has 0 aliphatic carbocycles. The number of carbonyl (C=O) groups excluding carboxylic acids is 1. The molecule has 0 saturated heterocycles. The van der Waals surface area contributed by atoms with Gasteiger partial charge in [-0.15, -0.1) is 0 Å². The zero-order valence-corrected chi connectivity index (χ0v) is 9.63. The fourth-order valence-corrected chi connectivity index (χ4v) is 0.834. The average Bonchev–Trinajstić information content (AvgIpc) is 2.09. The monoisotopic (exact) mass is 261 g/mol. The van der Waals surface area contributed by atoms with Crippen LogP contribution < -0.4 is 0 Å². The molecule has 0 aliphatic rings. The molecule has 0 atom stereocenters. The summed E-state index contributed by atoms with van der Waals surface area (Å²) in [6.45, 7) is -1.39. The third kappa shape index (κ3) is 5.33. The predicted molar refractivity (Wildman–Crippen MR) is 50.6 cm³/mol. The van der Waals surface area contributed by atoms with E-state index in [0.717, 1.165) is 0 Å². The number of alkyl halides is 2. The summed E-state index contributed by atoms with van der Waals surface area (Å²) in [6.07, 6.45) is -0.144. The highest BCUT2D eigenvalue weighted by Crippen LogP contribution is 2.20. The molecular weight excluding hydrogens is 248 g/mol. The van der Waals surface area contributed by atoms with Crippen molar-refractivity contribution >= 4 is 16.1 Å². The summed E-state index contributed by atoms with van der Waals surface area (Å²) in [4.78, 5) is 12.5. The van der Waals surface area contributed by atoms with E-state index in [1.165, 1.54) is 0 Å². The molecule has 0 radical (unpaired) electrons. The Kier molecular flexibility index (Phi) is 5.23. The summed E-state index contributed by atoms with van der Waals surface area (Å²) in [7, 11) is -2.22. The summed E-state index contributed by atoms with van der Waals surface area (Å²) in [5, 5.41) is -4.47. The van der Waals surface area contributed by atoms with Crippen molar-refractivity contribution in [3.63, 3.8) is 0 Å². The fraction of sp³-hybridized carbons (Fsp3) is 0.857. The lowest BCUT2D eigenvalue weighted by Crippen LogP contribution is -2.34. The molecule has 6 nitrogen and oxygen atoms in total. The van der Waals surface area contributed by atoms with Gasteiger partial charge in [-0.1, -0.05) is 0 Å². The lowest BCUT2D eigenvalue weighted by molar-refractivity contribution is -0.149. The van der Waals surface area contributed by atoms with Crippen LogP contribution in [0.25, 0.3) is 0 Å². The molecule has 0 aliphatic heterocycles. The van der Waals surface area contributed by atoms with Gasteiger partial charge in [-0.05, 0) is 14.1 Å². The first-order chi connectivity index (χ1) is 7.06. The molecule has 0 spiro atoms. The van der Waals surface area contributed by atoms with Crippen LogP contribution in [0.2, 0.25) is 0 Å². The van der Waals surface area contributed by atoms with Crippen molar-refractivity contribution in [3.8, 4) is 0 Å². The lowest BCUT2D eigenvalue weighted by atomic mass is 10.4. The summed E-state index contributed by atoms with van der Waals surface area (Å²) >= 11 is 0. The maximum Gasteiger partial charge on any atom is 0.402 e. The zero-order chi connectivity index (χ0) is 13.0. The SMILES string of the molecule is CN(C)CCC(=O)OCC(F)(F)S(=O)(=O)O. The number of hydrogen-bond acceptors (Lipinski definition) is 5. The number of nitrogens with zero attached hydrogens (tertiary/aromatic N) is 1. The van der Waals surface area contributed by atoms with Gasteiger partial charge in [0.05, 0.1) is 6.42 Å². The molecule has 0 aromatic heterocycles. The Labute approximate surface area is 91.9 Å². The smallest absolute Gasteiger partial charge is 0.402 e. The third-order valence-electron chi connectivity index (χ3n) is 1.54. The van der Waals surface area contributed by atoms with Crippen LogP contribution in [0, 0.1) is 0 Å². The van der Waals surface area contributed by atoms with E-state index in [9.17, 15) is 22.0 Å². The maximum absolute atomic E-state index is 12.6. The van der Waals surface area contributed by atoms with E-state index in [4.69, 9.17) is 4.55 Å². The van der Waals surface area contributed by atoms with Crippen LogP contribution in [-0.4, -0.2) is 56.3 Å². The Morgan fingerprint density at radius 3 is 2.31 bits per heavy atom. The first-order valence-corrected chi connectivity index (χ1v) is 5.65. The molecule has 0 amide bonds. The minimum absolute atomic E-state index is 0.144. The molecule has 0 saturated carbocycles. The van der Waals surface area contributed by atoms with Crippen molar-refractivity contribution in [2.75, 3.05) is 27.2 Å². The molecule has 96 valence electrons. The molecule has 0 rings (SSSR count). The molecule has 0 unspecified atom stereocenters. The highest BCUT2D eigenvalue weighted by atomic mass is 32.2. The van der Waals surface area contributed by atoms with Crippen LogP contribution in [0.3, 0.4) is 0 Å². The first kappa shape index (κ1) is 15.2. The van der Waals surface area contributed by atoms with Crippen molar-refractivity contribution in [3.05, 3.63) is 0 Å². The van der Waals surface area contributed by atoms with Crippen LogP contribution >= 0.6 is 0 Å². The number of ether oxygens (including phenoxy) is 1. The van der Waals surface area contributed by atoms with E-state index >= 15 is 0 Å². The van der Waals surface area contributed by atoms with Crippen LogP contribution in [0.4, 0.5) is 8.78 Å². The van der Waals surface area contributed by atoms with Crippen LogP contribution in [-0.2, 0) is 19.6 Å². The molecule has 0 bridgehead atoms. The van der Waals surface area contributed by atoms with E-state index in [-0.39, 0.29) is 13.0 Å². The molecule has 1 N–H and O–H groups in total. The fourth-order valence-electron chi connectivity index (χ4n) is 0.626. The standard InChI is InChI=1S/C7H13F2NO5S/c1-10(2)4-3-6(11)15-5-7(8,9)16(12,13)14/h3-5H2,1-2H3,(H,12,13,14). The second-order valence-electron chi connectivity index (χ2n) is 3.33. The number of carbonyl (C=O) groups is 1.